The maximum absolute atomic E-state index is 12.1. The van der Waals surface area contributed by atoms with Crippen LogP contribution in [0.1, 0.15) is 15.9 Å². The Kier molecular flexibility index (Phi) is 4.02. The minimum atomic E-state index is -0.495. The third-order valence-corrected chi connectivity index (χ3v) is 3.25. The van der Waals surface area contributed by atoms with Crippen molar-refractivity contribution in [2.75, 3.05) is 5.32 Å². The number of nitrogens with zero attached hydrogens (tertiary/aromatic N) is 3. The highest BCUT2D eigenvalue weighted by Gasteiger charge is 2.14. The average molecular weight is 324 g/mol. The zero-order chi connectivity index (χ0) is 17.1. The van der Waals surface area contributed by atoms with E-state index in [0.29, 0.717) is 11.1 Å². The van der Waals surface area contributed by atoms with Crippen LogP contribution in [0, 0.1) is 17.0 Å². The quantitative estimate of drug-likeness (QED) is 0.582. The first kappa shape index (κ1) is 15.3. The second-order valence-corrected chi connectivity index (χ2v) is 5.04. The van der Waals surface area contributed by atoms with Crippen molar-refractivity contribution in [1.82, 2.24) is 10.2 Å². The number of nitro benzene ring substituents is 1. The second-order valence-electron chi connectivity index (χ2n) is 5.04. The van der Waals surface area contributed by atoms with Gasteiger partial charge in [0.1, 0.15) is 0 Å². The molecule has 8 heteroatoms. The molecule has 3 rings (SSSR count). The van der Waals surface area contributed by atoms with Crippen molar-refractivity contribution in [3.8, 4) is 11.5 Å². The van der Waals surface area contributed by atoms with Gasteiger partial charge >= 0.3 is 6.01 Å². The minimum Gasteiger partial charge on any atom is -0.403 e. The summed E-state index contributed by atoms with van der Waals surface area (Å²) in [7, 11) is 0. The van der Waals surface area contributed by atoms with Crippen molar-refractivity contribution in [3.05, 3.63) is 69.8 Å². The summed E-state index contributed by atoms with van der Waals surface area (Å²) in [4.78, 5) is 22.3. The van der Waals surface area contributed by atoms with Gasteiger partial charge in [-0.15, -0.1) is 5.10 Å². The van der Waals surface area contributed by atoms with E-state index in [-0.39, 0.29) is 23.5 Å². The van der Waals surface area contributed by atoms with E-state index in [1.54, 1.807) is 18.2 Å². The van der Waals surface area contributed by atoms with Crippen LogP contribution in [0.15, 0.2) is 52.9 Å². The molecule has 0 saturated heterocycles. The number of non-ortho nitro benzene ring substituents is 1. The largest absolute Gasteiger partial charge is 0.403 e. The zero-order valence-electron chi connectivity index (χ0n) is 12.6. The molecule has 120 valence electrons. The number of hydrogen-bond acceptors (Lipinski definition) is 6. The number of anilines is 1. The number of hydrogen-bond donors (Lipinski definition) is 1. The maximum atomic E-state index is 12.1. The molecule has 1 amide bonds. The minimum absolute atomic E-state index is 0.0359. The molecule has 8 nitrogen and oxygen atoms in total. The topological polar surface area (TPSA) is 111 Å². The van der Waals surface area contributed by atoms with E-state index in [9.17, 15) is 14.9 Å². The third-order valence-electron chi connectivity index (χ3n) is 3.25. The lowest BCUT2D eigenvalue weighted by Crippen LogP contribution is -2.12. The van der Waals surface area contributed by atoms with E-state index in [1.165, 1.54) is 24.3 Å². The number of carbonyl (C=O) groups excluding carboxylic acids is 1. The van der Waals surface area contributed by atoms with Gasteiger partial charge in [-0.1, -0.05) is 22.8 Å². The van der Waals surface area contributed by atoms with Gasteiger partial charge in [0.25, 0.3) is 11.6 Å². The molecule has 0 atom stereocenters. The second kappa shape index (κ2) is 6.29. The Morgan fingerprint density at radius 2 is 1.92 bits per heavy atom. The molecular formula is C16H12N4O4. The number of nitrogens with one attached hydrogen (secondary N) is 1. The summed E-state index contributed by atoms with van der Waals surface area (Å²) >= 11 is 0. The number of benzene rings is 2. The molecule has 0 bridgehead atoms. The number of aryl methyl sites for hydroxylation is 1. The Morgan fingerprint density at radius 3 is 2.58 bits per heavy atom. The van der Waals surface area contributed by atoms with E-state index < -0.39 is 4.92 Å². The number of carbonyl (C=O) groups is 1. The van der Waals surface area contributed by atoms with E-state index in [2.05, 4.69) is 15.5 Å². The first-order valence-electron chi connectivity index (χ1n) is 6.99. The molecule has 0 aliphatic rings. The van der Waals surface area contributed by atoms with Crippen LogP contribution in [-0.4, -0.2) is 21.0 Å². The Labute approximate surface area is 136 Å². The van der Waals surface area contributed by atoms with Crippen LogP contribution in [0.2, 0.25) is 0 Å². The summed E-state index contributed by atoms with van der Waals surface area (Å²) in [5.74, 6) is -0.206. The molecule has 0 fully saturated rings. The van der Waals surface area contributed by atoms with Gasteiger partial charge in [-0.3, -0.25) is 20.2 Å². The molecule has 0 spiro atoms. The number of aromatic nitrogens is 2. The normalized spacial score (nSPS) is 10.4. The predicted molar refractivity (Wildman–Crippen MR) is 85.5 cm³/mol. The van der Waals surface area contributed by atoms with E-state index in [4.69, 9.17) is 4.42 Å². The van der Waals surface area contributed by atoms with Crippen molar-refractivity contribution in [2.45, 2.75) is 6.92 Å². The van der Waals surface area contributed by atoms with Crippen molar-refractivity contribution < 1.29 is 14.1 Å². The van der Waals surface area contributed by atoms with Crippen LogP contribution in [0.4, 0.5) is 11.7 Å². The summed E-state index contributed by atoms with van der Waals surface area (Å²) in [5.41, 5.74) is 1.92. The first-order valence-corrected chi connectivity index (χ1v) is 6.99. The monoisotopic (exact) mass is 324 g/mol. The van der Waals surface area contributed by atoms with Gasteiger partial charge in [0, 0.05) is 23.3 Å². The Bertz CT molecular complexity index is 902. The number of nitro groups is 1. The Hall–Kier alpha value is -3.55. The lowest BCUT2D eigenvalue weighted by molar-refractivity contribution is -0.384. The van der Waals surface area contributed by atoms with Crippen LogP contribution < -0.4 is 5.32 Å². The van der Waals surface area contributed by atoms with E-state index >= 15 is 0 Å². The molecule has 0 radical (unpaired) electrons. The summed E-state index contributed by atoms with van der Waals surface area (Å²) in [6.07, 6.45) is 0. The highest BCUT2D eigenvalue weighted by Crippen LogP contribution is 2.22. The van der Waals surface area contributed by atoms with Gasteiger partial charge in [0.2, 0.25) is 5.89 Å². The van der Waals surface area contributed by atoms with Crippen molar-refractivity contribution in [3.63, 3.8) is 0 Å². The molecule has 0 unspecified atom stereocenters. The molecule has 24 heavy (non-hydrogen) atoms. The van der Waals surface area contributed by atoms with Crippen LogP contribution in [0.5, 0.6) is 0 Å². The van der Waals surface area contributed by atoms with Crippen LogP contribution in [0.3, 0.4) is 0 Å². The molecule has 0 aliphatic carbocycles. The van der Waals surface area contributed by atoms with Gasteiger partial charge < -0.3 is 4.42 Å². The van der Waals surface area contributed by atoms with Crippen LogP contribution in [-0.2, 0) is 0 Å². The summed E-state index contributed by atoms with van der Waals surface area (Å²) in [5, 5.41) is 20.7. The highest BCUT2D eigenvalue weighted by atomic mass is 16.6. The van der Waals surface area contributed by atoms with Gasteiger partial charge in [0.05, 0.1) is 4.92 Å². The summed E-state index contributed by atoms with van der Waals surface area (Å²) in [6.45, 7) is 1.89. The molecule has 0 saturated carbocycles. The molecule has 1 N–H and O–H groups in total. The third kappa shape index (κ3) is 3.27. The van der Waals surface area contributed by atoms with E-state index in [1.807, 2.05) is 13.0 Å². The molecule has 2 aromatic carbocycles. The standard InChI is InChI=1S/C16H12N4O4/c1-10-3-2-4-12(9-10)14(21)17-16-19-18-15(24-16)11-5-7-13(8-6-11)20(22)23/h2-9H,1H3,(H,17,19,21). The summed E-state index contributed by atoms with van der Waals surface area (Å²) in [6, 6.07) is 12.7. The average Bonchev–Trinajstić information content (AvgIpc) is 3.03. The molecule has 3 aromatic rings. The predicted octanol–water partition coefficient (Wildman–Crippen LogP) is 3.21. The van der Waals surface area contributed by atoms with Crippen molar-refractivity contribution in [1.29, 1.82) is 0 Å². The number of amides is 1. The van der Waals surface area contributed by atoms with Gasteiger partial charge in [-0.2, -0.15) is 0 Å². The summed E-state index contributed by atoms with van der Waals surface area (Å²) < 4.78 is 5.37. The number of rotatable bonds is 4. The Morgan fingerprint density at radius 1 is 1.17 bits per heavy atom. The van der Waals surface area contributed by atoms with Gasteiger partial charge in [-0.25, -0.2) is 0 Å². The van der Waals surface area contributed by atoms with Crippen molar-refractivity contribution >= 4 is 17.6 Å². The SMILES string of the molecule is Cc1cccc(C(=O)Nc2nnc(-c3ccc([N+](=O)[O-])cc3)o2)c1. The van der Waals surface area contributed by atoms with Crippen LogP contribution >= 0.6 is 0 Å². The Balaban J connectivity index is 1.75. The smallest absolute Gasteiger partial charge is 0.322 e. The molecule has 0 aliphatic heterocycles. The molecular weight excluding hydrogens is 312 g/mol. The fraction of sp³-hybridized carbons (Fsp3) is 0.0625. The maximum Gasteiger partial charge on any atom is 0.322 e. The molecule has 1 heterocycles. The fourth-order valence-corrected chi connectivity index (χ4v) is 2.07. The van der Waals surface area contributed by atoms with Crippen molar-refractivity contribution in [2.24, 2.45) is 0 Å². The fourth-order valence-electron chi connectivity index (χ4n) is 2.07. The lowest BCUT2D eigenvalue weighted by Gasteiger charge is -2.01. The van der Waals surface area contributed by atoms with Gasteiger partial charge in [0.15, 0.2) is 0 Å². The first-order chi connectivity index (χ1) is 11.5. The van der Waals surface area contributed by atoms with E-state index in [0.717, 1.165) is 5.56 Å². The highest BCUT2D eigenvalue weighted by molar-refractivity contribution is 6.03. The lowest BCUT2D eigenvalue weighted by atomic mass is 10.1. The molecule has 1 aromatic heterocycles. The zero-order valence-corrected chi connectivity index (χ0v) is 12.6. The van der Waals surface area contributed by atoms with Crippen LogP contribution in [0.25, 0.3) is 11.5 Å². The van der Waals surface area contributed by atoms with Gasteiger partial charge in [-0.05, 0) is 31.2 Å².